The topological polar surface area (TPSA) is 112 Å². The molecule has 0 bridgehead atoms. The summed E-state index contributed by atoms with van der Waals surface area (Å²) < 4.78 is 0. The summed E-state index contributed by atoms with van der Waals surface area (Å²) in [7, 11) is 0. The van der Waals surface area contributed by atoms with Gasteiger partial charge in [0, 0.05) is 6.20 Å². The van der Waals surface area contributed by atoms with Gasteiger partial charge in [-0.2, -0.15) is 0 Å². The van der Waals surface area contributed by atoms with Crippen LogP contribution in [-0.2, 0) is 0 Å². The van der Waals surface area contributed by atoms with Crippen molar-refractivity contribution in [2.24, 2.45) is 0 Å². The van der Waals surface area contributed by atoms with E-state index in [2.05, 4.69) is 15.3 Å². The number of aromatic nitrogens is 2. The highest BCUT2D eigenvalue weighted by Crippen LogP contribution is 2.14. The standard InChI is InChI=1S/C12H9N3O4/c16-8-4-2-6-13-10(8)11(17)15-9-5-1-3-7(14-9)12(18)19/h1-6,16H,(H,18,19)(H,14,15,17). The number of carbonyl (C=O) groups excluding carboxylic acids is 1. The van der Waals surface area contributed by atoms with E-state index < -0.39 is 11.9 Å². The SMILES string of the molecule is O=C(O)c1cccc(NC(=O)c2ncccc2O)n1. The normalized spacial score (nSPS) is 9.89. The third-order valence-electron chi connectivity index (χ3n) is 2.21. The Kier molecular flexibility index (Phi) is 3.37. The summed E-state index contributed by atoms with van der Waals surface area (Å²) in [6, 6.07) is 6.99. The van der Waals surface area contributed by atoms with Gasteiger partial charge < -0.3 is 15.5 Å². The first-order valence-electron chi connectivity index (χ1n) is 5.23. The van der Waals surface area contributed by atoms with Gasteiger partial charge in [0.05, 0.1) is 0 Å². The Morgan fingerprint density at radius 1 is 1.16 bits per heavy atom. The third kappa shape index (κ3) is 2.83. The summed E-state index contributed by atoms with van der Waals surface area (Å²) in [4.78, 5) is 30.0. The van der Waals surface area contributed by atoms with Crippen LogP contribution < -0.4 is 5.32 Å². The lowest BCUT2D eigenvalue weighted by Crippen LogP contribution is -2.15. The van der Waals surface area contributed by atoms with Crippen molar-refractivity contribution in [3.05, 3.63) is 47.9 Å². The molecule has 3 N–H and O–H groups in total. The molecule has 0 unspecified atom stereocenters. The largest absolute Gasteiger partial charge is 0.505 e. The van der Waals surface area contributed by atoms with Crippen LogP contribution in [0.3, 0.4) is 0 Å². The molecular weight excluding hydrogens is 250 g/mol. The molecule has 0 aliphatic rings. The molecule has 7 nitrogen and oxygen atoms in total. The van der Waals surface area contributed by atoms with Crippen LogP contribution in [0.15, 0.2) is 36.5 Å². The number of nitrogens with zero attached hydrogens (tertiary/aromatic N) is 2. The molecule has 2 rings (SSSR count). The van der Waals surface area contributed by atoms with E-state index >= 15 is 0 Å². The lowest BCUT2D eigenvalue weighted by Gasteiger charge is -2.05. The fourth-order valence-electron chi connectivity index (χ4n) is 1.37. The lowest BCUT2D eigenvalue weighted by atomic mass is 10.3. The predicted octanol–water partition coefficient (Wildman–Crippen LogP) is 1.13. The molecule has 2 aromatic rings. The molecule has 1 amide bonds. The number of hydrogen-bond donors (Lipinski definition) is 3. The number of aromatic carboxylic acids is 1. The number of carboxylic acids is 1. The molecule has 0 radical (unpaired) electrons. The van der Waals surface area contributed by atoms with Crippen molar-refractivity contribution in [1.82, 2.24) is 9.97 Å². The summed E-state index contributed by atoms with van der Waals surface area (Å²) in [5, 5.41) is 20.6. The monoisotopic (exact) mass is 259 g/mol. The second-order valence-electron chi connectivity index (χ2n) is 3.54. The Hall–Kier alpha value is -2.96. The average Bonchev–Trinajstić information content (AvgIpc) is 2.39. The quantitative estimate of drug-likeness (QED) is 0.761. The highest BCUT2D eigenvalue weighted by atomic mass is 16.4. The van der Waals surface area contributed by atoms with Crippen LogP contribution in [0.25, 0.3) is 0 Å². The maximum absolute atomic E-state index is 11.8. The summed E-state index contributed by atoms with van der Waals surface area (Å²) >= 11 is 0. The zero-order valence-electron chi connectivity index (χ0n) is 9.57. The maximum atomic E-state index is 11.8. The second-order valence-corrected chi connectivity index (χ2v) is 3.54. The van der Waals surface area contributed by atoms with Crippen LogP contribution in [-0.4, -0.2) is 32.1 Å². The molecule has 2 heterocycles. The molecule has 0 spiro atoms. The van der Waals surface area contributed by atoms with Crippen LogP contribution >= 0.6 is 0 Å². The van der Waals surface area contributed by atoms with Gasteiger partial charge in [-0.15, -0.1) is 0 Å². The Balaban J connectivity index is 2.22. The Labute approximate surface area is 107 Å². The van der Waals surface area contributed by atoms with Crippen molar-refractivity contribution in [1.29, 1.82) is 0 Å². The average molecular weight is 259 g/mol. The molecule has 0 aromatic carbocycles. The first kappa shape index (κ1) is 12.5. The molecule has 0 aliphatic heterocycles. The van der Waals surface area contributed by atoms with Crippen molar-refractivity contribution >= 4 is 17.7 Å². The lowest BCUT2D eigenvalue weighted by molar-refractivity contribution is 0.0690. The van der Waals surface area contributed by atoms with Crippen LogP contribution in [0.2, 0.25) is 0 Å². The number of carbonyl (C=O) groups is 2. The summed E-state index contributed by atoms with van der Waals surface area (Å²) in [6.07, 6.45) is 1.36. The van der Waals surface area contributed by atoms with E-state index in [1.54, 1.807) is 0 Å². The first-order chi connectivity index (χ1) is 9.08. The molecule has 0 atom stereocenters. The minimum Gasteiger partial charge on any atom is -0.505 e. The molecule has 0 saturated carbocycles. The minimum atomic E-state index is -1.20. The van der Waals surface area contributed by atoms with E-state index in [-0.39, 0.29) is 23.0 Å². The van der Waals surface area contributed by atoms with Crippen molar-refractivity contribution in [3.8, 4) is 5.75 Å². The van der Waals surface area contributed by atoms with E-state index in [1.165, 1.54) is 36.5 Å². The number of carboxylic acid groups (broad SMARTS) is 1. The van der Waals surface area contributed by atoms with Gasteiger partial charge in [0.2, 0.25) is 0 Å². The molecule has 0 aliphatic carbocycles. The van der Waals surface area contributed by atoms with E-state index in [0.29, 0.717) is 0 Å². The zero-order valence-corrected chi connectivity index (χ0v) is 9.57. The fraction of sp³-hybridized carbons (Fsp3) is 0. The number of aromatic hydroxyl groups is 1. The van der Waals surface area contributed by atoms with Crippen LogP contribution in [0.4, 0.5) is 5.82 Å². The first-order valence-corrected chi connectivity index (χ1v) is 5.23. The number of rotatable bonds is 3. The van der Waals surface area contributed by atoms with Gasteiger partial charge >= 0.3 is 5.97 Å². The molecule has 96 valence electrons. The van der Waals surface area contributed by atoms with Gasteiger partial charge in [-0.1, -0.05) is 6.07 Å². The van der Waals surface area contributed by atoms with Crippen LogP contribution in [0, 0.1) is 0 Å². The number of anilines is 1. The summed E-state index contributed by atoms with van der Waals surface area (Å²) in [5.41, 5.74) is -0.354. The summed E-state index contributed by atoms with van der Waals surface area (Å²) in [5.74, 6) is -2.07. The Morgan fingerprint density at radius 2 is 1.95 bits per heavy atom. The molecule has 0 saturated heterocycles. The van der Waals surface area contributed by atoms with Gasteiger partial charge in [-0.3, -0.25) is 4.79 Å². The van der Waals surface area contributed by atoms with Crippen molar-refractivity contribution in [2.45, 2.75) is 0 Å². The van der Waals surface area contributed by atoms with Crippen LogP contribution in [0.1, 0.15) is 21.0 Å². The van der Waals surface area contributed by atoms with Crippen molar-refractivity contribution in [3.63, 3.8) is 0 Å². The van der Waals surface area contributed by atoms with Gasteiger partial charge in [0.1, 0.15) is 11.6 Å². The minimum absolute atomic E-state index is 0.0648. The number of hydrogen-bond acceptors (Lipinski definition) is 5. The van der Waals surface area contributed by atoms with Gasteiger partial charge in [0.15, 0.2) is 11.4 Å². The highest BCUT2D eigenvalue weighted by molar-refractivity contribution is 6.04. The molecule has 7 heteroatoms. The van der Waals surface area contributed by atoms with Gasteiger partial charge in [0.25, 0.3) is 5.91 Å². The van der Waals surface area contributed by atoms with E-state index in [4.69, 9.17) is 5.11 Å². The van der Waals surface area contributed by atoms with E-state index in [0.717, 1.165) is 0 Å². The Morgan fingerprint density at radius 3 is 2.63 bits per heavy atom. The number of amides is 1. The van der Waals surface area contributed by atoms with Gasteiger partial charge in [-0.05, 0) is 24.3 Å². The maximum Gasteiger partial charge on any atom is 0.354 e. The second kappa shape index (κ2) is 5.13. The number of nitrogens with one attached hydrogen (secondary N) is 1. The summed E-state index contributed by atoms with van der Waals surface area (Å²) in [6.45, 7) is 0. The predicted molar refractivity (Wildman–Crippen MR) is 65.1 cm³/mol. The Bertz CT molecular complexity index is 642. The smallest absolute Gasteiger partial charge is 0.354 e. The third-order valence-corrected chi connectivity index (χ3v) is 2.21. The molecule has 19 heavy (non-hydrogen) atoms. The fourth-order valence-corrected chi connectivity index (χ4v) is 1.37. The van der Waals surface area contributed by atoms with Gasteiger partial charge in [-0.25, -0.2) is 14.8 Å². The van der Waals surface area contributed by atoms with E-state index in [1.807, 2.05) is 0 Å². The molecule has 0 fully saturated rings. The molecular formula is C12H9N3O4. The van der Waals surface area contributed by atoms with Crippen LogP contribution in [0.5, 0.6) is 5.75 Å². The van der Waals surface area contributed by atoms with Crippen molar-refractivity contribution in [2.75, 3.05) is 5.32 Å². The highest BCUT2D eigenvalue weighted by Gasteiger charge is 2.13. The van der Waals surface area contributed by atoms with E-state index in [9.17, 15) is 14.7 Å². The van der Waals surface area contributed by atoms with Crippen molar-refractivity contribution < 1.29 is 19.8 Å². The molecule has 2 aromatic heterocycles. The number of pyridine rings is 2. The zero-order chi connectivity index (χ0) is 13.8.